The number of nitrogen functional groups attached to an aromatic ring is 1. The number of hydrogen-bond donors (Lipinski definition) is 1. The van der Waals surface area contributed by atoms with E-state index in [1.807, 2.05) is 29.2 Å². The van der Waals surface area contributed by atoms with Crippen LogP contribution in [0.1, 0.15) is 62.1 Å². The highest BCUT2D eigenvalue weighted by atomic mass is 32.2. The summed E-state index contributed by atoms with van der Waals surface area (Å²) in [6.45, 7) is 5.80. The highest BCUT2D eigenvalue weighted by Gasteiger charge is 2.25. The van der Waals surface area contributed by atoms with Crippen LogP contribution in [0.25, 0.3) is 11.1 Å². The third-order valence-electron chi connectivity index (χ3n) is 5.63. The van der Waals surface area contributed by atoms with Crippen LogP contribution >= 0.6 is 11.8 Å². The van der Waals surface area contributed by atoms with Crippen LogP contribution in [0.5, 0.6) is 0 Å². The standard InChI is InChI=1S/C24H27N5OS/c1-16(2)17-7-9-18(10-8-17)22-19(13-25)23(27)28-24(20(22)14-26)31-15-21(30)29-11-5-3-4-6-12-29/h7-10,16H,3-6,11-12,15H2,1-2H3,(H2,27,28)/p+1. The average molecular weight is 435 g/mol. The second-order valence-corrected chi connectivity index (χ2v) is 9.06. The number of aromatic nitrogens is 1. The zero-order valence-corrected chi connectivity index (χ0v) is 18.9. The summed E-state index contributed by atoms with van der Waals surface area (Å²) in [5, 5.41) is 20.2. The molecule has 1 fully saturated rings. The minimum atomic E-state index is 0.0648. The lowest BCUT2D eigenvalue weighted by molar-refractivity contribution is -0.410. The van der Waals surface area contributed by atoms with Gasteiger partial charge in [0.1, 0.15) is 23.3 Å². The second kappa shape index (κ2) is 10.3. The van der Waals surface area contributed by atoms with Crippen molar-refractivity contribution in [3.8, 4) is 23.3 Å². The number of rotatable bonds is 5. The van der Waals surface area contributed by atoms with Crippen LogP contribution in [0.4, 0.5) is 5.82 Å². The highest BCUT2D eigenvalue weighted by Crippen LogP contribution is 2.34. The summed E-state index contributed by atoms with van der Waals surface area (Å²) < 4.78 is 0. The summed E-state index contributed by atoms with van der Waals surface area (Å²) in [6.07, 6.45) is 4.39. The minimum absolute atomic E-state index is 0.0648. The van der Waals surface area contributed by atoms with E-state index in [9.17, 15) is 15.3 Å². The summed E-state index contributed by atoms with van der Waals surface area (Å²) in [5.74, 6) is 0.872. The van der Waals surface area contributed by atoms with Crippen molar-refractivity contribution in [1.29, 1.82) is 10.5 Å². The van der Waals surface area contributed by atoms with Crippen molar-refractivity contribution < 1.29 is 9.78 Å². The smallest absolute Gasteiger partial charge is 0.289 e. The van der Waals surface area contributed by atoms with Crippen LogP contribution < -0.4 is 10.7 Å². The van der Waals surface area contributed by atoms with Crippen LogP contribution in [-0.4, -0.2) is 29.6 Å². The lowest BCUT2D eigenvalue weighted by Crippen LogP contribution is -2.33. The fourth-order valence-electron chi connectivity index (χ4n) is 3.82. The monoisotopic (exact) mass is 434 g/mol. The van der Waals surface area contributed by atoms with Crippen molar-refractivity contribution in [2.45, 2.75) is 50.5 Å². The SMILES string of the molecule is CC(C)c1ccc(-c2c(C#N)c(N)[nH+]c(SCC(=O)N3CCCCCC3)c2C#N)cc1. The molecule has 1 aromatic heterocycles. The van der Waals surface area contributed by atoms with Gasteiger partial charge in [0.25, 0.3) is 5.82 Å². The third kappa shape index (κ3) is 5.18. The lowest BCUT2D eigenvalue weighted by atomic mass is 9.94. The van der Waals surface area contributed by atoms with Crippen molar-refractivity contribution in [1.82, 2.24) is 4.90 Å². The fourth-order valence-corrected chi connectivity index (χ4v) is 4.74. The number of carbonyl (C=O) groups excluding carboxylic acids is 1. The molecule has 0 atom stereocenters. The predicted molar refractivity (Wildman–Crippen MR) is 122 cm³/mol. The molecule has 3 rings (SSSR count). The maximum atomic E-state index is 12.7. The topological polar surface area (TPSA) is 108 Å². The fraction of sp³-hybridized carbons (Fsp3) is 0.417. The number of H-pyrrole nitrogens is 1. The van der Waals surface area contributed by atoms with E-state index in [0.717, 1.165) is 44.3 Å². The number of nitriles is 2. The molecule has 0 saturated carbocycles. The number of likely N-dealkylation sites (tertiary alicyclic amines) is 1. The number of nitrogens with two attached hydrogens (primary N) is 1. The van der Waals surface area contributed by atoms with E-state index >= 15 is 0 Å². The Balaban J connectivity index is 1.94. The highest BCUT2D eigenvalue weighted by molar-refractivity contribution is 7.99. The molecule has 0 bridgehead atoms. The number of aromatic amines is 1. The molecule has 0 spiro atoms. The summed E-state index contributed by atoms with van der Waals surface area (Å²) in [6, 6.07) is 12.2. The summed E-state index contributed by atoms with van der Waals surface area (Å²) in [5.41, 5.74) is 9.19. The number of nitrogens with zero attached hydrogens (tertiary/aromatic N) is 3. The Morgan fingerprint density at radius 3 is 2.26 bits per heavy atom. The summed E-state index contributed by atoms with van der Waals surface area (Å²) >= 11 is 1.27. The Labute approximate surface area is 188 Å². The predicted octanol–water partition coefficient (Wildman–Crippen LogP) is 4.11. The molecule has 2 heterocycles. The van der Waals surface area contributed by atoms with E-state index in [0.29, 0.717) is 22.1 Å². The van der Waals surface area contributed by atoms with Gasteiger partial charge in [-0.05, 0) is 29.9 Å². The second-order valence-electron chi connectivity index (χ2n) is 8.08. The number of pyridine rings is 1. The molecule has 7 heteroatoms. The number of hydrogen-bond acceptors (Lipinski definition) is 5. The molecule has 1 aromatic carbocycles. The first-order valence-corrected chi connectivity index (χ1v) is 11.6. The van der Waals surface area contributed by atoms with E-state index < -0.39 is 0 Å². The minimum Gasteiger partial charge on any atom is -0.342 e. The van der Waals surface area contributed by atoms with E-state index in [4.69, 9.17) is 5.73 Å². The zero-order valence-electron chi connectivity index (χ0n) is 18.1. The van der Waals surface area contributed by atoms with E-state index in [1.165, 1.54) is 17.3 Å². The van der Waals surface area contributed by atoms with Gasteiger partial charge in [-0.25, -0.2) is 4.98 Å². The quantitative estimate of drug-likeness (QED) is 0.712. The number of anilines is 1. The maximum absolute atomic E-state index is 12.7. The molecule has 0 radical (unpaired) electrons. The van der Waals surface area contributed by atoms with Crippen molar-refractivity contribution >= 4 is 23.5 Å². The number of carbonyl (C=O) groups is 1. The van der Waals surface area contributed by atoms with Crippen molar-refractivity contribution in [3.63, 3.8) is 0 Å². The van der Waals surface area contributed by atoms with Crippen molar-refractivity contribution in [3.05, 3.63) is 41.0 Å². The maximum Gasteiger partial charge on any atom is 0.289 e. The van der Waals surface area contributed by atoms with Crippen molar-refractivity contribution in [2.75, 3.05) is 24.6 Å². The van der Waals surface area contributed by atoms with Gasteiger partial charge in [-0.2, -0.15) is 10.5 Å². The lowest BCUT2D eigenvalue weighted by Gasteiger charge is -2.20. The van der Waals surface area contributed by atoms with Crippen LogP contribution in [0, 0.1) is 22.7 Å². The first kappa shape index (κ1) is 22.7. The molecule has 1 amide bonds. The molecule has 31 heavy (non-hydrogen) atoms. The molecular formula is C24H28N5OS+. The molecule has 1 aliphatic rings. The van der Waals surface area contributed by atoms with Crippen molar-refractivity contribution in [2.24, 2.45) is 0 Å². The molecule has 1 aliphatic heterocycles. The Morgan fingerprint density at radius 1 is 1.10 bits per heavy atom. The number of nitrogens with one attached hydrogen (secondary N) is 1. The molecule has 6 nitrogen and oxygen atoms in total. The Morgan fingerprint density at radius 2 is 1.71 bits per heavy atom. The number of benzene rings is 1. The van der Waals surface area contributed by atoms with Gasteiger partial charge in [0.2, 0.25) is 5.91 Å². The summed E-state index contributed by atoms with van der Waals surface area (Å²) in [7, 11) is 0. The van der Waals surface area contributed by atoms with Gasteiger partial charge in [0.15, 0.2) is 5.03 Å². The van der Waals surface area contributed by atoms with Crippen LogP contribution in [0.15, 0.2) is 29.3 Å². The number of amides is 1. The van der Waals surface area contributed by atoms with Crippen LogP contribution in [0.2, 0.25) is 0 Å². The van der Waals surface area contributed by atoms with Gasteiger partial charge >= 0.3 is 0 Å². The first-order chi connectivity index (χ1) is 15.0. The normalized spacial score (nSPS) is 14.0. The molecule has 0 unspecified atom stereocenters. The van der Waals surface area contributed by atoms with E-state index in [-0.39, 0.29) is 23.0 Å². The van der Waals surface area contributed by atoms with Gasteiger partial charge in [-0.3, -0.25) is 10.5 Å². The van der Waals surface area contributed by atoms with Crippen LogP contribution in [0.3, 0.4) is 0 Å². The molecule has 160 valence electrons. The molecule has 0 aliphatic carbocycles. The molecule has 3 N–H and O–H groups in total. The zero-order chi connectivity index (χ0) is 22.4. The largest absolute Gasteiger partial charge is 0.342 e. The Kier molecular flexibility index (Phi) is 7.55. The molecule has 2 aromatic rings. The molecular weight excluding hydrogens is 406 g/mol. The van der Waals surface area contributed by atoms with E-state index in [2.05, 4.69) is 31.0 Å². The van der Waals surface area contributed by atoms with Crippen LogP contribution in [-0.2, 0) is 4.79 Å². The Bertz CT molecular complexity index is 1030. The summed E-state index contributed by atoms with van der Waals surface area (Å²) in [4.78, 5) is 17.6. The number of thioether (sulfide) groups is 1. The van der Waals surface area contributed by atoms with Gasteiger partial charge in [0.05, 0.1) is 5.75 Å². The van der Waals surface area contributed by atoms with Gasteiger partial charge in [-0.15, -0.1) is 0 Å². The van der Waals surface area contributed by atoms with E-state index in [1.54, 1.807) is 0 Å². The average Bonchev–Trinajstić information content (AvgIpc) is 3.06. The van der Waals surface area contributed by atoms with Gasteiger partial charge in [-0.1, -0.05) is 62.7 Å². The molecule has 1 saturated heterocycles. The Hall–Kier alpha value is -3.03. The third-order valence-corrected chi connectivity index (χ3v) is 6.62. The first-order valence-electron chi connectivity index (χ1n) is 10.7. The van der Waals surface area contributed by atoms with Gasteiger partial charge < -0.3 is 4.90 Å². The van der Waals surface area contributed by atoms with Gasteiger partial charge in [0, 0.05) is 18.7 Å².